The predicted octanol–water partition coefficient (Wildman–Crippen LogP) is 3.89. The third-order valence-electron chi connectivity index (χ3n) is 4.07. The van der Waals surface area contributed by atoms with Crippen molar-refractivity contribution in [2.24, 2.45) is 0 Å². The van der Waals surface area contributed by atoms with E-state index in [9.17, 15) is 4.79 Å². The molecule has 120 valence electrons. The lowest BCUT2D eigenvalue weighted by Crippen LogP contribution is -2.40. The van der Waals surface area contributed by atoms with E-state index in [0.717, 1.165) is 0 Å². The smallest absolute Gasteiger partial charge is 0.246 e. The van der Waals surface area contributed by atoms with Gasteiger partial charge in [-0.1, -0.05) is 30.8 Å². The Morgan fingerprint density at radius 2 is 2.05 bits per heavy atom. The fourth-order valence-corrected chi connectivity index (χ4v) is 2.64. The number of ether oxygens (including phenoxy) is 1. The van der Waals surface area contributed by atoms with Crippen molar-refractivity contribution < 1.29 is 9.53 Å². The Labute approximate surface area is 134 Å². The Kier molecular flexibility index (Phi) is 5.78. The zero-order valence-corrected chi connectivity index (χ0v) is 13.9. The molecule has 1 amide bonds. The Morgan fingerprint density at radius 3 is 2.64 bits per heavy atom. The number of nitrogens with zero attached hydrogens (tertiary/aromatic N) is 1. The van der Waals surface area contributed by atoms with Crippen LogP contribution in [0, 0.1) is 0 Å². The number of hydrogen-bond acceptors (Lipinski definition) is 2. The van der Waals surface area contributed by atoms with Crippen LogP contribution in [0.5, 0.6) is 0 Å². The molecule has 1 fully saturated rings. The van der Waals surface area contributed by atoms with Crippen LogP contribution in [0.25, 0.3) is 0 Å². The predicted molar refractivity (Wildman–Crippen MR) is 89.7 cm³/mol. The molecule has 3 nitrogen and oxygen atoms in total. The van der Waals surface area contributed by atoms with Crippen LogP contribution in [0.4, 0.5) is 0 Å². The molecule has 0 radical (unpaired) electrons. The largest absolute Gasteiger partial charge is 0.377 e. The second kappa shape index (κ2) is 7.59. The molecule has 0 aromatic heterocycles. The van der Waals surface area contributed by atoms with E-state index < -0.39 is 0 Å². The van der Waals surface area contributed by atoms with Crippen molar-refractivity contribution in [2.45, 2.75) is 58.2 Å². The van der Waals surface area contributed by atoms with E-state index >= 15 is 0 Å². The zero-order chi connectivity index (χ0) is 16.1. The molecule has 1 aliphatic carbocycles. The molecule has 0 unspecified atom stereocenters. The quantitative estimate of drug-likeness (QED) is 0.682. The molecular formula is C19H27NO2. The Hall–Kier alpha value is -1.61. The topological polar surface area (TPSA) is 29.5 Å². The maximum atomic E-state index is 12.3. The molecule has 0 heterocycles. The van der Waals surface area contributed by atoms with Crippen LogP contribution in [0.15, 0.2) is 36.9 Å². The fourth-order valence-electron chi connectivity index (χ4n) is 2.64. The van der Waals surface area contributed by atoms with Crippen molar-refractivity contribution in [3.63, 3.8) is 0 Å². The van der Waals surface area contributed by atoms with Crippen molar-refractivity contribution in [3.8, 4) is 0 Å². The summed E-state index contributed by atoms with van der Waals surface area (Å²) in [6, 6.07) is 8.49. The monoisotopic (exact) mass is 301 g/mol. The molecule has 3 heteroatoms. The molecule has 0 saturated heterocycles. The van der Waals surface area contributed by atoms with E-state index in [-0.39, 0.29) is 18.1 Å². The van der Waals surface area contributed by atoms with Crippen molar-refractivity contribution >= 4 is 5.91 Å². The molecule has 0 spiro atoms. The molecule has 0 N–H and O–H groups in total. The van der Waals surface area contributed by atoms with Crippen LogP contribution in [0.3, 0.4) is 0 Å². The van der Waals surface area contributed by atoms with Crippen molar-refractivity contribution in [1.29, 1.82) is 0 Å². The molecule has 1 aromatic rings. The highest BCUT2D eigenvalue weighted by atomic mass is 16.5. The first kappa shape index (κ1) is 16.8. The normalized spacial score (nSPS) is 15.6. The van der Waals surface area contributed by atoms with Crippen LogP contribution in [0.1, 0.15) is 50.7 Å². The van der Waals surface area contributed by atoms with E-state index in [1.807, 2.05) is 31.7 Å². The summed E-state index contributed by atoms with van der Waals surface area (Å²) in [5.41, 5.74) is 2.64. The van der Waals surface area contributed by atoms with Gasteiger partial charge in [0.2, 0.25) is 5.91 Å². The molecule has 0 aliphatic heterocycles. The molecular weight excluding hydrogens is 274 g/mol. The lowest BCUT2D eigenvalue weighted by molar-refractivity contribution is -0.130. The van der Waals surface area contributed by atoms with E-state index in [1.165, 1.54) is 30.0 Å². The van der Waals surface area contributed by atoms with Gasteiger partial charge in [0.25, 0.3) is 0 Å². The summed E-state index contributed by atoms with van der Waals surface area (Å²) in [5, 5.41) is 0. The van der Waals surface area contributed by atoms with Crippen molar-refractivity contribution in [1.82, 2.24) is 4.90 Å². The zero-order valence-electron chi connectivity index (χ0n) is 13.9. The summed E-state index contributed by atoms with van der Waals surface area (Å²) in [4.78, 5) is 14.1. The molecule has 2 rings (SSSR count). The lowest BCUT2D eigenvalue weighted by atomic mass is 10.0. The SMILES string of the molecule is C=CC(=O)N(Cc1ccccc1C1CC1)[C@@H](C)COC(C)C. The number of carbonyl (C=O) groups excluding carboxylic acids is 1. The molecule has 1 aromatic carbocycles. The summed E-state index contributed by atoms with van der Waals surface area (Å²) in [7, 11) is 0. The Morgan fingerprint density at radius 1 is 1.36 bits per heavy atom. The maximum absolute atomic E-state index is 12.3. The molecule has 1 saturated carbocycles. The Balaban J connectivity index is 2.12. The summed E-state index contributed by atoms with van der Waals surface area (Å²) < 4.78 is 5.68. The minimum Gasteiger partial charge on any atom is -0.377 e. The van der Waals surface area contributed by atoms with E-state index in [0.29, 0.717) is 19.1 Å². The van der Waals surface area contributed by atoms with Gasteiger partial charge >= 0.3 is 0 Å². The van der Waals surface area contributed by atoms with Gasteiger partial charge in [-0.3, -0.25) is 4.79 Å². The summed E-state index contributed by atoms with van der Waals surface area (Å²) in [5.74, 6) is 0.643. The second-order valence-electron chi connectivity index (χ2n) is 6.37. The van der Waals surface area contributed by atoms with Gasteiger partial charge in [0.1, 0.15) is 0 Å². The highest BCUT2D eigenvalue weighted by Gasteiger charge is 2.27. The fraction of sp³-hybridized carbons (Fsp3) is 0.526. The van der Waals surface area contributed by atoms with Gasteiger partial charge < -0.3 is 9.64 Å². The molecule has 0 bridgehead atoms. The molecule has 22 heavy (non-hydrogen) atoms. The maximum Gasteiger partial charge on any atom is 0.246 e. The standard InChI is InChI=1S/C19H27NO2/c1-5-19(21)20(15(4)13-22-14(2)3)12-17-8-6-7-9-18(17)16-10-11-16/h5-9,14-16H,1,10-13H2,2-4H3/t15-/m0/s1. The van der Waals surface area contributed by atoms with Crippen LogP contribution in [-0.2, 0) is 16.1 Å². The van der Waals surface area contributed by atoms with Crippen LogP contribution in [0.2, 0.25) is 0 Å². The van der Waals surface area contributed by atoms with Crippen LogP contribution in [-0.4, -0.2) is 29.6 Å². The second-order valence-corrected chi connectivity index (χ2v) is 6.37. The van der Waals surface area contributed by atoms with Gasteiger partial charge in [0.15, 0.2) is 0 Å². The Bertz CT molecular complexity index is 520. The number of carbonyl (C=O) groups is 1. The first-order valence-electron chi connectivity index (χ1n) is 8.15. The van der Waals surface area contributed by atoms with E-state index in [4.69, 9.17) is 4.74 Å². The third-order valence-corrected chi connectivity index (χ3v) is 4.07. The average molecular weight is 301 g/mol. The van der Waals surface area contributed by atoms with Gasteiger partial charge in [-0.05, 0) is 56.7 Å². The highest BCUT2D eigenvalue weighted by molar-refractivity contribution is 5.87. The van der Waals surface area contributed by atoms with Gasteiger partial charge in [0, 0.05) is 6.54 Å². The lowest BCUT2D eigenvalue weighted by Gasteiger charge is -2.29. The summed E-state index contributed by atoms with van der Waals surface area (Å²) >= 11 is 0. The average Bonchev–Trinajstić information content (AvgIpc) is 3.34. The van der Waals surface area contributed by atoms with Crippen molar-refractivity contribution in [3.05, 3.63) is 48.0 Å². The third kappa shape index (κ3) is 4.44. The number of rotatable bonds is 8. The van der Waals surface area contributed by atoms with Gasteiger partial charge in [0.05, 0.1) is 18.8 Å². The van der Waals surface area contributed by atoms with Crippen LogP contribution < -0.4 is 0 Å². The molecule has 1 atom stereocenters. The highest BCUT2D eigenvalue weighted by Crippen LogP contribution is 2.41. The number of hydrogen-bond donors (Lipinski definition) is 0. The molecule has 1 aliphatic rings. The van der Waals surface area contributed by atoms with E-state index in [1.54, 1.807) is 0 Å². The minimum atomic E-state index is -0.0366. The summed E-state index contributed by atoms with van der Waals surface area (Å²) in [6.45, 7) is 10.9. The first-order chi connectivity index (χ1) is 10.5. The van der Waals surface area contributed by atoms with Gasteiger partial charge in [-0.15, -0.1) is 0 Å². The first-order valence-corrected chi connectivity index (χ1v) is 8.15. The van der Waals surface area contributed by atoms with E-state index in [2.05, 4.69) is 24.8 Å². The number of amides is 1. The van der Waals surface area contributed by atoms with Crippen LogP contribution >= 0.6 is 0 Å². The van der Waals surface area contributed by atoms with Gasteiger partial charge in [-0.2, -0.15) is 0 Å². The van der Waals surface area contributed by atoms with Gasteiger partial charge in [-0.25, -0.2) is 0 Å². The summed E-state index contributed by atoms with van der Waals surface area (Å²) in [6.07, 6.45) is 4.09. The number of benzene rings is 1. The minimum absolute atomic E-state index is 0.0279. The van der Waals surface area contributed by atoms with Crippen molar-refractivity contribution in [2.75, 3.05) is 6.61 Å².